The standard InChI is InChI=1S/C10H7F7N2O/c1-9(18,10(15,16)17)8(20)19-7-5(13)3(11)2-4(12)6(7)14/h2H,18H2,1H3,(H,19,20). The Morgan fingerprint density at radius 2 is 1.50 bits per heavy atom. The van der Waals surface area contributed by atoms with Crippen LogP contribution in [-0.4, -0.2) is 17.6 Å². The molecule has 1 aromatic rings. The molecule has 0 saturated carbocycles. The molecule has 0 saturated heterocycles. The smallest absolute Gasteiger partial charge is 0.319 e. The summed E-state index contributed by atoms with van der Waals surface area (Å²) in [5.41, 5.74) is -0.500. The minimum absolute atomic E-state index is 0.161. The van der Waals surface area contributed by atoms with Gasteiger partial charge in [-0.05, 0) is 6.92 Å². The van der Waals surface area contributed by atoms with Crippen LogP contribution in [-0.2, 0) is 4.79 Å². The topological polar surface area (TPSA) is 55.1 Å². The number of hydrogen-bond donors (Lipinski definition) is 2. The molecule has 3 N–H and O–H groups in total. The van der Waals surface area contributed by atoms with Crippen molar-refractivity contribution in [1.29, 1.82) is 0 Å². The van der Waals surface area contributed by atoms with E-state index in [9.17, 15) is 35.5 Å². The van der Waals surface area contributed by atoms with Crippen LogP contribution in [0, 0.1) is 23.3 Å². The van der Waals surface area contributed by atoms with Crippen molar-refractivity contribution in [2.75, 3.05) is 5.32 Å². The van der Waals surface area contributed by atoms with Gasteiger partial charge in [0.2, 0.25) is 0 Å². The SMILES string of the molecule is CC(N)(C(=O)Nc1c(F)c(F)cc(F)c1F)C(F)(F)F. The van der Waals surface area contributed by atoms with E-state index in [4.69, 9.17) is 5.73 Å². The molecule has 112 valence electrons. The molecular weight excluding hydrogens is 297 g/mol. The molecule has 1 unspecified atom stereocenters. The highest BCUT2D eigenvalue weighted by Crippen LogP contribution is 2.30. The molecule has 3 nitrogen and oxygen atoms in total. The largest absolute Gasteiger partial charge is 0.415 e. The lowest BCUT2D eigenvalue weighted by molar-refractivity contribution is -0.184. The molecule has 20 heavy (non-hydrogen) atoms. The number of halogens is 7. The maximum absolute atomic E-state index is 13.2. The number of alkyl halides is 3. The summed E-state index contributed by atoms with van der Waals surface area (Å²) in [4.78, 5) is 11.3. The Labute approximate surface area is 107 Å². The van der Waals surface area contributed by atoms with Gasteiger partial charge in [-0.3, -0.25) is 4.79 Å². The van der Waals surface area contributed by atoms with Gasteiger partial charge in [-0.25, -0.2) is 17.6 Å². The van der Waals surface area contributed by atoms with Crippen LogP contribution in [0.3, 0.4) is 0 Å². The van der Waals surface area contributed by atoms with Crippen molar-refractivity contribution in [2.45, 2.75) is 18.6 Å². The molecule has 1 atom stereocenters. The van der Waals surface area contributed by atoms with E-state index in [-0.39, 0.29) is 13.0 Å². The zero-order chi connectivity index (χ0) is 15.9. The number of rotatable bonds is 2. The van der Waals surface area contributed by atoms with E-state index < -0.39 is 46.6 Å². The second-order valence-electron chi connectivity index (χ2n) is 4.00. The van der Waals surface area contributed by atoms with Gasteiger partial charge in [0, 0.05) is 6.07 Å². The zero-order valence-corrected chi connectivity index (χ0v) is 9.71. The van der Waals surface area contributed by atoms with Crippen molar-refractivity contribution in [3.05, 3.63) is 29.3 Å². The summed E-state index contributed by atoms with van der Waals surface area (Å²) in [6.45, 7) is 0.230. The molecule has 0 fully saturated rings. The van der Waals surface area contributed by atoms with Crippen molar-refractivity contribution >= 4 is 11.6 Å². The third-order valence-corrected chi connectivity index (χ3v) is 2.41. The van der Waals surface area contributed by atoms with Crippen molar-refractivity contribution in [3.63, 3.8) is 0 Å². The van der Waals surface area contributed by atoms with E-state index >= 15 is 0 Å². The number of benzene rings is 1. The molecule has 0 aliphatic carbocycles. The van der Waals surface area contributed by atoms with Crippen LogP contribution < -0.4 is 11.1 Å². The van der Waals surface area contributed by atoms with Gasteiger partial charge < -0.3 is 11.1 Å². The first-order chi connectivity index (χ1) is 8.89. The predicted molar refractivity (Wildman–Crippen MR) is 53.6 cm³/mol. The van der Waals surface area contributed by atoms with Gasteiger partial charge in [0.15, 0.2) is 28.8 Å². The van der Waals surface area contributed by atoms with Crippen molar-refractivity contribution in [2.24, 2.45) is 5.73 Å². The Morgan fingerprint density at radius 3 is 1.85 bits per heavy atom. The maximum atomic E-state index is 13.2. The second kappa shape index (κ2) is 4.93. The third kappa shape index (κ3) is 2.69. The van der Waals surface area contributed by atoms with E-state index in [1.807, 2.05) is 0 Å². The van der Waals surface area contributed by atoms with Crippen molar-refractivity contribution < 1.29 is 35.5 Å². The van der Waals surface area contributed by atoms with Crippen LogP contribution in [0.5, 0.6) is 0 Å². The second-order valence-corrected chi connectivity index (χ2v) is 4.00. The van der Waals surface area contributed by atoms with Gasteiger partial charge >= 0.3 is 6.18 Å². The Balaban J connectivity index is 3.22. The fraction of sp³-hybridized carbons (Fsp3) is 0.300. The summed E-state index contributed by atoms with van der Waals surface area (Å²) in [5.74, 6) is -9.94. The number of nitrogens with one attached hydrogen (secondary N) is 1. The van der Waals surface area contributed by atoms with Crippen LogP contribution in [0.25, 0.3) is 0 Å². The molecule has 0 aliphatic rings. The highest BCUT2D eigenvalue weighted by Gasteiger charge is 2.54. The van der Waals surface area contributed by atoms with Crippen LogP contribution >= 0.6 is 0 Å². The summed E-state index contributed by atoms with van der Waals surface area (Å²) in [6.07, 6.45) is -5.24. The van der Waals surface area contributed by atoms with Gasteiger partial charge in [0.25, 0.3) is 5.91 Å². The number of nitrogens with two attached hydrogens (primary N) is 1. The summed E-state index contributed by atoms with van der Waals surface area (Å²) < 4.78 is 89.2. The third-order valence-electron chi connectivity index (χ3n) is 2.41. The molecule has 1 amide bonds. The Morgan fingerprint density at radius 1 is 1.10 bits per heavy atom. The number of carbonyl (C=O) groups is 1. The summed E-state index contributed by atoms with van der Waals surface area (Å²) in [7, 11) is 0. The average molecular weight is 304 g/mol. The van der Waals surface area contributed by atoms with Gasteiger partial charge in [-0.2, -0.15) is 13.2 Å². The van der Waals surface area contributed by atoms with E-state index in [1.54, 1.807) is 0 Å². The first kappa shape index (κ1) is 16.2. The fourth-order valence-electron chi connectivity index (χ4n) is 1.06. The Hall–Kier alpha value is -1.84. The first-order valence-electron chi connectivity index (χ1n) is 4.89. The zero-order valence-electron chi connectivity index (χ0n) is 9.71. The van der Waals surface area contributed by atoms with Crippen LogP contribution in [0.2, 0.25) is 0 Å². The highest BCUT2D eigenvalue weighted by molar-refractivity contribution is 5.98. The van der Waals surface area contributed by atoms with Gasteiger partial charge in [-0.1, -0.05) is 0 Å². The Kier molecular flexibility index (Phi) is 3.99. The molecule has 10 heteroatoms. The maximum Gasteiger partial charge on any atom is 0.415 e. The number of amides is 1. The first-order valence-corrected chi connectivity index (χ1v) is 4.89. The monoisotopic (exact) mass is 304 g/mol. The fourth-order valence-corrected chi connectivity index (χ4v) is 1.06. The van der Waals surface area contributed by atoms with E-state index in [0.717, 1.165) is 5.32 Å². The molecule has 1 aromatic carbocycles. The van der Waals surface area contributed by atoms with Crippen LogP contribution in [0.4, 0.5) is 36.4 Å². The molecule has 0 heterocycles. The van der Waals surface area contributed by atoms with Gasteiger partial charge in [-0.15, -0.1) is 0 Å². The van der Waals surface area contributed by atoms with Gasteiger partial charge in [0.1, 0.15) is 5.69 Å². The molecule has 0 spiro atoms. The lowest BCUT2D eigenvalue weighted by atomic mass is 10.0. The summed E-state index contributed by atoms with van der Waals surface area (Å²) in [6, 6.07) is -0.161. The molecule has 0 bridgehead atoms. The minimum Gasteiger partial charge on any atom is -0.319 e. The van der Waals surface area contributed by atoms with Crippen LogP contribution in [0.1, 0.15) is 6.92 Å². The van der Waals surface area contributed by atoms with Crippen molar-refractivity contribution in [3.8, 4) is 0 Å². The van der Waals surface area contributed by atoms with Crippen molar-refractivity contribution in [1.82, 2.24) is 0 Å². The number of carbonyl (C=O) groups excluding carboxylic acids is 1. The molecule has 0 aromatic heterocycles. The van der Waals surface area contributed by atoms with E-state index in [1.165, 1.54) is 0 Å². The summed E-state index contributed by atoms with van der Waals surface area (Å²) >= 11 is 0. The highest BCUT2D eigenvalue weighted by atomic mass is 19.4. The lowest BCUT2D eigenvalue weighted by Gasteiger charge is -2.26. The molecule has 1 rings (SSSR count). The van der Waals surface area contributed by atoms with Gasteiger partial charge in [0.05, 0.1) is 0 Å². The lowest BCUT2D eigenvalue weighted by Crippen LogP contribution is -2.59. The predicted octanol–water partition coefficient (Wildman–Crippen LogP) is 2.46. The summed E-state index contributed by atoms with van der Waals surface area (Å²) in [5, 5.41) is 1.09. The van der Waals surface area contributed by atoms with E-state index in [0.29, 0.717) is 0 Å². The minimum atomic E-state index is -5.24. The average Bonchev–Trinajstić information content (AvgIpc) is 2.30. The molecular formula is C10H7F7N2O. The number of hydrogen-bond acceptors (Lipinski definition) is 2. The quantitative estimate of drug-likeness (QED) is 0.651. The molecule has 0 radical (unpaired) electrons. The van der Waals surface area contributed by atoms with Crippen LogP contribution in [0.15, 0.2) is 6.07 Å². The Bertz CT molecular complexity index is 527. The number of anilines is 1. The molecule has 0 aliphatic heterocycles. The normalized spacial score (nSPS) is 14.8. The van der Waals surface area contributed by atoms with E-state index in [2.05, 4.69) is 0 Å².